The maximum absolute atomic E-state index is 13.6. The molecule has 2 aromatic heterocycles. The van der Waals surface area contributed by atoms with Crippen LogP contribution in [0.15, 0.2) is 18.5 Å². The lowest BCUT2D eigenvalue weighted by molar-refractivity contribution is 0.449. The third kappa shape index (κ3) is 1.88. The first-order valence-electron chi connectivity index (χ1n) is 5.43. The average Bonchev–Trinajstić information content (AvgIpc) is 2.87. The van der Waals surface area contributed by atoms with Crippen LogP contribution in [-0.4, -0.2) is 19.9 Å². The first-order chi connectivity index (χ1) is 9.56. The number of H-pyrrole nitrogens is 1. The Morgan fingerprint density at radius 2 is 1.90 bits per heavy atom. The summed E-state index contributed by atoms with van der Waals surface area (Å²) in [7, 11) is 0. The molecule has 4 N–H and O–H groups in total. The van der Waals surface area contributed by atoms with Gasteiger partial charge < -0.3 is 16.0 Å². The van der Waals surface area contributed by atoms with Gasteiger partial charge in [0.1, 0.15) is 5.52 Å². The Bertz CT molecular complexity index is 800. The molecule has 3 aromatic rings. The number of fused-ring (bicyclic) bond motifs is 1. The summed E-state index contributed by atoms with van der Waals surface area (Å²) >= 11 is 0. The van der Waals surface area contributed by atoms with Crippen LogP contribution < -0.4 is 11.1 Å². The first kappa shape index (κ1) is 12.2. The molecule has 0 aliphatic carbocycles. The van der Waals surface area contributed by atoms with E-state index in [2.05, 4.69) is 25.3 Å². The molecule has 0 radical (unpaired) electrons. The van der Waals surface area contributed by atoms with E-state index in [1.54, 1.807) is 0 Å². The van der Waals surface area contributed by atoms with Crippen LogP contribution in [0.5, 0.6) is 0 Å². The fraction of sp³-hybridized carbons (Fsp3) is 0. The number of nitrogen functional groups attached to an aromatic ring is 1. The number of rotatable bonds is 2. The summed E-state index contributed by atoms with van der Waals surface area (Å²) in [6.45, 7) is 0. The van der Waals surface area contributed by atoms with Crippen LogP contribution in [0.25, 0.3) is 11.2 Å². The van der Waals surface area contributed by atoms with Crippen LogP contribution >= 0.6 is 0 Å². The molecule has 6 nitrogen and oxygen atoms in total. The molecule has 0 aliphatic heterocycles. The van der Waals surface area contributed by atoms with Gasteiger partial charge in [0.05, 0.1) is 12.0 Å². The van der Waals surface area contributed by atoms with E-state index in [-0.39, 0.29) is 23.1 Å². The predicted octanol–water partition coefficient (Wildman–Crippen LogP) is 2.10. The van der Waals surface area contributed by atoms with Crippen LogP contribution in [0, 0.1) is 17.5 Å². The van der Waals surface area contributed by atoms with Crippen molar-refractivity contribution in [1.29, 1.82) is 0 Å². The van der Waals surface area contributed by atoms with Crippen molar-refractivity contribution in [2.75, 3.05) is 11.1 Å². The van der Waals surface area contributed by atoms with Crippen LogP contribution in [0.2, 0.25) is 0 Å². The summed E-state index contributed by atoms with van der Waals surface area (Å²) < 4.78 is 39.6. The highest BCUT2D eigenvalue weighted by molar-refractivity contribution is 5.85. The Morgan fingerprint density at radius 1 is 1.10 bits per heavy atom. The quantitative estimate of drug-likeness (QED) is 0.625. The maximum Gasteiger partial charge on any atom is 0.224 e. The zero-order chi connectivity index (χ0) is 14.3. The Labute approximate surface area is 109 Å². The molecule has 9 heteroatoms. The van der Waals surface area contributed by atoms with Crippen LogP contribution in [-0.2, 0) is 0 Å². The lowest BCUT2D eigenvalue weighted by atomic mass is 10.2. The molecule has 0 saturated heterocycles. The molecule has 0 fully saturated rings. The van der Waals surface area contributed by atoms with Gasteiger partial charge in [-0.05, 0) is 12.1 Å². The third-order valence-electron chi connectivity index (χ3n) is 2.59. The van der Waals surface area contributed by atoms with Crippen molar-refractivity contribution in [3.8, 4) is 0 Å². The fourth-order valence-electron chi connectivity index (χ4n) is 1.69. The van der Waals surface area contributed by atoms with Crippen molar-refractivity contribution >= 4 is 28.6 Å². The highest BCUT2D eigenvalue weighted by atomic mass is 19.2. The Balaban J connectivity index is 2.10. The number of nitrogens with zero attached hydrogens (tertiary/aromatic N) is 3. The molecule has 0 bridgehead atoms. The van der Waals surface area contributed by atoms with E-state index in [0.29, 0.717) is 5.52 Å². The van der Waals surface area contributed by atoms with Gasteiger partial charge in [-0.25, -0.2) is 18.2 Å². The number of halogens is 3. The largest absolute Gasteiger partial charge is 0.368 e. The molecule has 1 aromatic carbocycles. The summed E-state index contributed by atoms with van der Waals surface area (Å²) in [4.78, 5) is 14.3. The molecule has 2 heterocycles. The van der Waals surface area contributed by atoms with Gasteiger partial charge in [0.2, 0.25) is 5.95 Å². The molecule has 20 heavy (non-hydrogen) atoms. The minimum atomic E-state index is -1.57. The maximum atomic E-state index is 13.6. The second-order valence-electron chi connectivity index (χ2n) is 3.88. The van der Waals surface area contributed by atoms with Gasteiger partial charge in [0.15, 0.2) is 28.9 Å². The molecule has 0 unspecified atom stereocenters. The van der Waals surface area contributed by atoms with Crippen LogP contribution in [0.4, 0.5) is 30.6 Å². The highest BCUT2D eigenvalue weighted by Gasteiger charge is 2.16. The van der Waals surface area contributed by atoms with Crippen LogP contribution in [0.1, 0.15) is 0 Å². The standard InChI is InChI=1S/C11H7F3N6/c12-4-1-2-5(7(14)6(4)13)18-10-8-9(17-3-16-8)19-11(15)20-10/h1-3H,(H4,15,16,17,18,19,20). The Kier molecular flexibility index (Phi) is 2.67. The van der Waals surface area contributed by atoms with E-state index >= 15 is 0 Å². The number of anilines is 3. The molecule has 0 aliphatic rings. The van der Waals surface area contributed by atoms with E-state index in [1.165, 1.54) is 6.33 Å². The second kappa shape index (κ2) is 4.37. The van der Waals surface area contributed by atoms with Gasteiger partial charge in [-0.3, -0.25) is 0 Å². The smallest absolute Gasteiger partial charge is 0.224 e. The van der Waals surface area contributed by atoms with Crippen molar-refractivity contribution in [3.63, 3.8) is 0 Å². The minimum absolute atomic E-state index is 0.0879. The van der Waals surface area contributed by atoms with Crippen molar-refractivity contribution < 1.29 is 13.2 Å². The molecular weight excluding hydrogens is 273 g/mol. The monoisotopic (exact) mass is 280 g/mol. The molecule has 102 valence electrons. The van der Waals surface area contributed by atoms with Crippen LogP contribution in [0.3, 0.4) is 0 Å². The predicted molar refractivity (Wildman–Crippen MR) is 65.7 cm³/mol. The summed E-state index contributed by atoms with van der Waals surface area (Å²) in [6.07, 6.45) is 1.35. The zero-order valence-electron chi connectivity index (χ0n) is 9.78. The van der Waals surface area contributed by atoms with E-state index in [9.17, 15) is 13.2 Å². The molecule has 3 rings (SSSR count). The van der Waals surface area contributed by atoms with E-state index in [0.717, 1.165) is 12.1 Å². The fourth-order valence-corrected chi connectivity index (χ4v) is 1.69. The van der Waals surface area contributed by atoms with E-state index in [1.807, 2.05) is 0 Å². The van der Waals surface area contributed by atoms with Crippen molar-refractivity contribution in [2.24, 2.45) is 0 Å². The number of aromatic nitrogens is 4. The molecule has 0 amide bonds. The number of nitrogens with one attached hydrogen (secondary N) is 2. The number of imidazole rings is 1. The Morgan fingerprint density at radius 3 is 2.70 bits per heavy atom. The zero-order valence-corrected chi connectivity index (χ0v) is 9.78. The first-order valence-corrected chi connectivity index (χ1v) is 5.43. The normalized spacial score (nSPS) is 10.9. The number of hydrogen-bond acceptors (Lipinski definition) is 5. The summed E-state index contributed by atoms with van der Waals surface area (Å²) in [6, 6.07) is 1.85. The Hall–Kier alpha value is -2.84. The SMILES string of the molecule is Nc1nc(Nc2ccc(F)c(F)c2F)c2[nH]cnc2n1. The highest BCUT2D eigenvalue weighted by Crippen LogP contribution is 2.26. The van der Waals surface area contributed by atoms with Crippen molar-refractivity contribution in [1.82, 2.24) is 19.9 Å². The number of aromatic amines is 1. The van der Waals surface area contributed by atoms with E-state index < -0.39 is 17.5 Å². The summed E-state index contributed by atoms with van der Waals surface area (Å²) in [5.41, 5.74) is 5.84. The number of hydrogen-bond donors (Lipinski definition) is 3. The number of benzene rings is 1. The van der Waals surface area contributed by atoms with Crippen molar-refractivity contribution in [3.05, 3.63) is 35.9 Å². The van der Waals surface area contributed by atoms with Gasteiger partial charge in [-0.1, -0.05) is 0 Å². The molecule has 0 spiro atoms. The summed E-state index contributed by atoms with van der Waals surface area (Å²) in [5, 5.41) is 2.53. The topological polar surface area (TPSA) is 92.5 Å². The second-order valence-corrected chi connectivity index (χ2v) is 3.88. The molecular formula is C11H7F3N6. The lowest BCUT2D eigenvalue weighted by Gasteiger charge is -2.08. The minimum Gasteiger partial charge on any atom is -0.368 e. The van der Waals surface area contributed by atoms with Gasteiger partial charge in [0, 0.05) is 0 Å². The van der Waals surface area contributed by atoms with Gasteiger partial charge >= 0.3 is 0 Å². The summed E-state index contributed by atoms with van der Waals surface area (Å²) in [5.74, 6) is -4.18. The van der Waals surface area contributed by atoms with E-state index in [4.69, 9.17) is 5.73 Å². The van der Waals surface area contributed by atoms with Gasteiger partial charge in [-0.15, -0.1) is 0 Å². The molecule has 0 saturated carbocycles. The lowest BCUT2D eigenvalue weighted by Crippen LogP contribution is -2.04. The van der Waals surface area contributed by atoms with Gasteiger partial charge in [0.25, 0.3) is 0 Å². The molecule has 0 atom stereocenters. The number of nitrogens with two attached hydrogens (primary N) is 1. The van der Waals surface area contributed by atoms with Gasteiger partial charge in [-0.2, -0.15) is 9.97 Å². The van der Waals surface area contributed by atoms with Crippen molar-refractivity contribution in [2.45, 2.75) is 0 Å². The average molecular weight is 280 g/mol. The third-order valence-corrected chi connectivity index (χ3v) is 2.59.